The van der Waals surface area contributed by atoms with E-state index in [1.165, 1.54) is 11.3 Å². The molecule has 1 fully saturated rings. The zero-order valence-electron chi connectivity index (χ0n) is 20.1. The first-order chi connectivity index (χ1) is 18.0. The lowest BCUT2D eigenvalue weighted by Gasteiger charge is -2.37. The van der Waals surface area contributed by atoms with E-state index in [1.807, 2.05) is 85.1 Å². The van der Waals surface area contributed by atoms with Crippen LogP contribution >= 0.6 is 11.3 Å². The van der Waals surface area contributed by atoms with Crippen LogP contribution in [-0.2, 0) is 0 Å². The van der Waals surface area contributed by atoms with Crippen LogP contribution in [0.3, 0.4) is 0 Å². The molecule has 0 bridgehead atoms. The third kappa shape index (κ3) is 2.86. The van der Waals surface area contributed by atoms with E-state index in [-0.39, 0.29) is 17.3 Å². The minimum absolute atomic E-state index is 0.0656. The predicted molar refractivity (Wildman–Crippen MR) is 146 cm³/mol. The number of carbonyl (C=O) groups excluding carboxylic acids is 3. The molecule has 3 aromatic carbocycles. The van der Waals surface area contributed by atoms with Crippen LogP contribution in [0.2, 0.25) is 0 Å². The van der Waals surface area contributed by atoms with Gasteiger partial charge in [0.25, 0.3) is 0 Å². The third-order valence-corrected chi connectivity index (χ3v) is 9.07. The number of aryl methyl sites for hydroxylation is 1. The Morgan fingerprint density at radius 2 is 1.51 bits per heavy atom. The number of carbonyl (C=O) groups is 3. The molecule has 4 nitrogen and oxygen atoms in total. The van der Waals surface area contributed by atoms with E-state index in [9.17, 15) is 14.4 Å². The first-order valence-electron chi connectivity index (χ1n) is 12.4. The Bertz CT molecular complexity index is 1580. The van der Waals surface area contributed by atoms with Crippen molar-refractivity contribution in [3.8, 4) is 0 Å². The summed E-state index contributed by atoms with van der Waals surface area (Å²) in [7, 11) is 0. The molecule has 37 heavy (non-hydrogen) atoms. The van der Waals surface area contributed by atoms with Crippen LogP contribution in [0.15, 0.2) is 96.4 Å². The Kier molecular flexibility index (Phi) is 4.76. The summed E-state index contributed by atoms with van der Waals surface area (Å²) in [6.45, 7) is 2.01. The number of thiophene rings is 1. The van der Waals surface area contributed by atoms with E-state index in [4.69, 9.17) is 0 Å². The van der Waals surface area contributed by atoms with Gasteiger partial charge in [-0.2, -0.15) is 0 Å². The van der Waals surface area contributed by atoms with Crippen molar-refractivity contribution in [3.63, 3.8) is 0 Å². The summed E-state index contributed by atoms with van der Waals surface area (Å²) in [5.74, 6) is -1.11. The lowest BCUT2D eigenvalue weighted by Crippen LogP contribution is -2.48. The summed E-state index contributed by atoms with van der Waals surface area (Å²) in [4.78, 5) is 46.1. The van der Waals surface area contributed by atoms with Gasteiger partial charge in [0.05, 0.1) is 10.9 Å². The molecule has 1 aliphatic carbocycles. The molecule has 0 N–H and O–H groups in total. The molecule has 3 aliphatic rings. The van der Waals surface area contributed by atoms with Crippen LogP contribution in [0.4, 0.5) is 5.69 Å². The molecule has 4 aromatic rings. The van der Waals surface area contributed by atoms with E-state index in [1.54, 1.807) is 24.3 Å². The maximum Gasteiger partial charge on any atom is 0.195 e. The molecule has 1 spiro atoms. The van der Waals surface area contributed by atoms with Gasteiger partial charge in [0.15, 0.2) is 17.3 Å². The number of nitrogens with zero attached hydrogens (tertiary/aromatic N) is 1. The minimum atomic E-state index is -1.44. The SMILES string of the molecule is Cc1ccc(C2C(C(=O)c3cccs3)N3c4ccccc4C=CC3C23C(=O)c2ccccc2C3=O)cc1. The monoisotopic (exact) mass is 501 g/mol. The number of ketones is 3. The van der Waals surface area contributed by atoms with Crippen molar-refractivity contribution in [1.29, 1.82) is 0 Å². The number of benzene rings is 3. The highest BCUT2D eigenvalue weighted by molar-refractivity contribution is 7.12. The fraction of sp³-hybridized carbons (Fsp3) is 0.156. The molecule has 0 radical (unpaired) electrons. The molecule has 0 amide bonds. The number of anilines is 1. The summed E-state index contributed by atoms with van der Waals surface area (Å²) >= 11 is 1.39. The largest absolute Gasteiger partial charge is 0.352 e. The second-order valence-corrected chi connectivity index (χ2v) is 11.0. The molecule has 3 heterocycles. The summed E-state index contributed by atoms with van der Waals surface area (Å²) in [5, 5.41) is 1.89. The van der Waals surface area contributed by atoms with Crippen LogP contribution in [0.1, 0.15) is 53.0 Å². The van der Waals surface area contributed by atoms with E-state index < -0.39 is 23.4 Å². The molecule has 2 aliphatic heterocycles. The highest BCUT2D eigenvalue weighted by atomic mass is 32.1. The molecule has 3 atom stereocenters. The molecule has 1 saturated heterocycles. The predicted octanol–water partition coefficient (Wildman–Crippen LogP) is 6.37. The molecule has 5 heteroatoms. The summed E-state index contributed by atoms with van der Waals surface area (Å²) < 4.78 is 0. The van der Waals surface area contributed by atoms with Crippen LogP contribution < -0.4 is 4.90 Å². The molecule has 3 unspecified atom stereocenters. The zero-order chi connectivity index (χ0) is 25.3. The highest BCUT2D eigenvalue weighted by Gasteiger charge is 2.71. The van der Waals surface area contributed by atoms with Gasteiger partial charge in [-0.05, 0) is 35.6 Å². The number of rotatable bonds is 3. The Morgan fingerprint density at radius 3 is 2.19 bits per heavy atom. The van der Waals surface area contributed by atoms with E-state index >= 15 is 0 Å². The fourth-order valence-electron chi connectivity index (χ4n) is 6.63. The van der Waals surface area contributed by atoms with Gasteiger partial charge in [-0.15, -0.1) is 11.3 Å². The Morgan fingerprint density at radius 1 is 0.838 bits per heavy atom. The Hall–Kier alpha value is -4.09. The van der Waals surface area contributed by atoms with Gasteiger partial charge in [0.2, 0.25) is 0 Å². The van der Waals surface area contributed by atoms with Gasteiger partial charge in [0.1, 0.15) is 11.5 Å². The first-order valence-corrected chi connectivity index (χ1v) is 13.3. The Balaban J connectivity index is 1.56. The Labute approximate surface area is 218 Å². The van der Waals surface area contributed by atoms with E-state index in [0.717, 1.165) is 22.4 Å². The summed E-state index contributed by atoms with van der Waals surface area (Å²) in [6.07, 6.45) is 3.96. The number of para-hydroxylation sites is 1. The van der Waals surface area contributed by atoms with E-state index in [2.05, 4.69) is 4.90 Å². The number of Topliss-reactive ketones (excluding diaryl/α,β-unsaturated/α-hetero) is 3. The molecular formula is C32H23NO3S. The second kappa shape index (κ2) is 7.95. The van der Waals surface area contributed by atoms with E-state index in [0.29, 0.717) is 16.0 Å². The second-order valence-electron chi connectivity index (χ2n) is 10.0. The van der Waals surface area contributed by atoms with Gasteiger partial charge < -0.3 is 4.90 Å². The standard InChI is InChI=1S/C32H23NO3S/c1-19-12-14-21(15-13-19)27-28(29(34)25-11-6-18-37-25)33-24-10-5-2-7-20(24)16-17-26(33)32(27)30(35)22-8-3-4-9-23(22)31(32)36/h2-18,26-28H,1H3. The molecule has 180 valence electrons. The number of hydrogen-bond donors (Lipinski definition) is 0. The smallest absolute Gasteiger partial charge is 0.195 e. The first kappa shape index (κ1) is 22.1. The van der Waals surface area contributed by atoms with Crippen LogP contribution in [0.25, 0.3) is 6.08 Å². The average molecular weight is 502 g/mol. The number of hydrogen-bond acceptors (Lipinski definition) is 5. The maximum atomic E-state index is 14.5. The van der Waals surface area contributed by atoms with Gasteiger partial charge in [-0.25, -0.2) is 0 Å². The third-order valence-electron chi connectivity index (χ3n) is 8.18. The number of fused-ring (bicyclic) bond motifs is 5. The van der Waals surface area contributed by atoms with Crippen LogP contribution in [-0.4, -0.2) is 29.4 Å². The normalized spacial score (nSPS) is 22.7. The highest BCUT2D eigenvalue weighted by Crippen LogP contribution is 2.61. The van der Waals surface area contributed by atoms with Crippen molar-refractivity contribution in [2.45, 2.75) is 24.9 Å². The maximum absolute atomic E-state index is 14.5. The van der Waals surface area contributed by atoms with Gasteiger partial charge in [-0.1, -0.05) is 90.5 Å². The van der Waals surface area contributed by atoms with Crippen molar-refractivity contribution in [3.05, 3.63) is 129 Å². The molecule has 7 rings (SSSR count). The van der Waals surface area contributed by atoms with Crippen LogP contribution in [0.5, 0.6) is 0 Å². The average Bonchev–Trinajstić information content (AvgIpc) is 3.63. The van der Waals surface area contributed by atoms with Crippen molar-refractivity contribution < 1.29 is 14.4 Å². The van der Waals surface area contributed by atoms with Gasteiger partial charge >= 0.3 is 0 Å². The lowest BCUT2D eigenvalue weighted by molar-refractivity contribution is 0.0666. The van der Waals surface area contributed by atoms with Crippen molar-refractivity contribution in [1.82, 2.24) is 0 Å². The molecular weight excluding hydrogens is 478 g/mol. The van der Waals surface area contributed by atoms with Gasteiger partial charge in [-0.3, -0.25) is 14.4 Å². The fourth-order valence-corrected chi connectivity index (χ4v) is 7.33. The van der Waals surface area contributed by atoms with Gasteiger partial charge in [0, 0.05) is 22.7 Å². The molecule has 1 aromatic heterocycles. The molecule has 0 saturated carbocycles. The minimum Gasteiger partial charge on any atom is -0.352 e. The lowest BCUT2D eigenvalue weighted by atomic mass is 9.64. The van der Waals surface area contributed by atoms with Crippen molar-refractivity contribution >= 4 is 40.4 Å². The topological polar surface area (TPSA) is 54.5 Å². The quantitative estimate of drug-likeness (QED) is 0.242. The zero-order valence-corrected chi connectivity index (χ0v) is 20.9. The van der Waals surface area contributed by atoms with Crippen molar-refractivity contribution in [2.24, 2.45) is 5.41 Å². The van der Waals surface area contributed by atoms with Crippen LogP contribution in [0, 0.1) is 12.3 Å². The summed E-state index contributed by atoms with van der Waals surface area (Å²) in [5.41, 5.74) is 3.19. The van der Waals surface area contributed by atoms with Crippen molar-refractivity contribution in [2.75, 3.05) is 4.90 Å². The summed E-state index contributed by atoms with van der Waals surface area (Å²) in [6, 6.07) is 25.3.